The molecule has 130 valence electrons. The van der Waals surface area contributed by atoms with Gasteiger partial charge in [0.25, 0.3) is 0 Å². The molecule has 0 amide bonds. The minimum atomic E-state index is -0.995. The lowest BCUT2D eigenvalue weighted by atomic mass is 10.1. The molecule has 0 aliphatic carbocycles. The Hall–Kier alpha value is -1.90. The van der Waals surface area contributed by atoms with Crippen LogP contribution in [-0.4, -0.2) is 39.0 Å². The summed E-state index contributed by atoms with van der Waals surface area (Å²) >= 11 is 8.08. The van der Waals surface area contributed by atoms with Crippen LogP contribution in [0.5, 0.6) is 5.88 Å². The molecule has 0 radical (unpaired) electrons. The smallest absolute Gasteiger partial charge is 0.326 e. The second-order valence-corrected chi connectivity index (χ2v) is 8.10. The van der Waals surface area contributed by atoms with Gasteiger partial charge in [-0.05, 0) is 42.8 Å². The number of thioether (sulfide) groups is 1. The number of fused-ring (bicyclic) bond motifs is 1. The van der Waals surface area contributed by atoms with Crippen LogP contribution in [0.25, 0.3) is 11.6 Å². The molecule has 2 heterocycles. The normalized spacial score (nSPS) is 15.5. The number of aliphatic carboxylic acids is 1. The summed E-state index contributed by atoms with van der Waals surface area (Å²) in [4.78, 5) is 16.5. The van der Waals surface area contributed by atoms with Crippen molar-refractivity contribution < 1.29 is 15.0 Å². The van der Waals surface area contributed by atoms with Crippen LogP contribution >= 0.6 is 35.3 Å². The number of hydrogen-bond acceptors (Lipinski definition) is 6. The zero-order chi connectivity index (χ0) is 18.0. The maximum Gasteiger partial charge on any atom is 0.326 e. The molecule has 0 saturated carbocycles. The predicted molar refractivity (Wildman–Crippen MR) is 107 cm³/mol. The number of benzene rings is 1. The van der Waals surface area contributed by atoms with Crippen molar-refractivity contribution >= 4 is 64.8 Å². The Morgan fingerprint density at radius 1 is 1.48 bits per heavy atom. The van der Waals surface area contributed by atoms with Gasteiger partial charge in [-0.2, -0.15) is 11.8 Å². The van der Waals surface area contributed by atoms with Gasteiger partial charge in [-0.1, -0.05) is 18.2 Å². The van der Waals surface area contributed by atoms with E-state index < -0.39 is 12.0 Å². The number of carboxylic acid groups (broad SMARTS) is 1. The maximum absolute atomic E-state index is 11.6. The number of carboxylic acids is 1. The summed E-state index contributed by atoms with van der Waals surface area (Å²) in [6.45, 7) is 0. The third-order valence-corrected chi connectivity index (χ3v) is 5.86. The molecule has 8 heteroatoms. The number of hydrogen-bond donors (Lipinski definition) is 2. The Bertz CT molecular complexity index is 927. The van der Waals surface area contributed by atoms with E-state index in [1.54, 1.807) is 24.1 Å². The molecule has 1 aromatic heterocycles. The molecule has 2 aromatic rings. The molecular weight excluding hydrogens is 376 g/mol. The van der Waals surface area contributed by atoms with Crippen LogP contribution in [0.2, 0.25) is 0 Å². The van der Waals surface area contributed by atoms with Crippen LogP contribution in [0.1, 0.15) is 22.9 Å². The molecular formula is C17H16N2O3S3. The van der Waals surface area contributed by atoms with Crippen molar-refractivity contribution in [3.05, 3.63) is 38.7 Å². The van der Waals surface area contributed by atoms with E-state index in [-0.39, 0.29) is 5.88 Å². The quantitative estimate of drug-likeness (QED) is 0.702. The van der Waals surface area contributed by atoms with E-state index in [1.807, 2.05) is 30.5 Å². The lowest BCUT2D eigenvalue weighted by Crippen LogP contribution is -2.19. The number of nitrogens with zero attached hydrogens (tertiary/aromatic N) is 2. The molecule has 3 rings (SSSR count). The lowest BCUT2D eigenvalue weighted by Gasteiger charge is -2.14. The maximum atomic E-state index is 11.6. The summed E-state index contributed by atoms with van der Waals surface area (Å²) in [6, 6.07) is 6.85. The zero-order valence-electron chi connectivity index (χ0n) is 13.4. The van der Waals surface area contributed by atoms with Gasteiger partial charge in [-0.25, -0.2) is 4.79 Å². The highest BCUT2D eigenvalue weighted by Gasteiger charge is 2.25. The van der Waals surface area contributed by atoms with Crippen LogP contribution in [0.3, 0.4) is 0 Å². The zero-order valence-corrected chi connectivity index (χ0v) is 15.8. The molecule has 0 saturated heterocycles. The van der Waals surface area contributed by atoms with Gasteiger partial charge >= 0.3 is 5.97 Å². The van der Waals surface area contributed by atoms with Crippen molar-refractivity contribution in [3.63, 3.8) is 0 Å². The van der Waals surface area contributed by atoms with Gasteiger partial charge in [0.05, 0.1) is 10.6 Å². The minimum Gasteiger partial charge on any atom is -0.493 e. The summed E-state index contributed by atoms with van der Waals surface area (Å²) in [5, 5.41) is 20.1. The van der Waals surface area contributed by atoms with Gasteiger partial charge < -0.3 is 10.2 Å². The van der Waals surface area contributed by atoms with Crippen molar-refractivity contribution in [3.8, 4) is 5.88 Å². The molecule has 1 aromatic carbocycles. The first-order chi connectivity index (χ1) is 12.0. The SMILES string of the molecule is CSCC[C@H](C(=O)O)n1c(O)c(/C=C2\C=Nc3ccccc32)sc1=S. The van der Waals surface area contributed by atoms with E-state index in [9.17, 15) is 15.0 Å². The first kappa shape index (κ1) is 17.9. The Morgan fingerprint density at radius 3 is 2.96 bits per heavy atom. The number of aromatic nitrogens is 1. The van der Waals surface area contributed by atoms with E-state index in [2.05, 4.69) is 4.99 Å². The molecule has 1 atom stereocenters. The second-order valence-electron chi connectivity index (χ2n) is 5.44. The summed E-state index contributed by atoms with van der Waals surface area (Å²) in [7, 11) is 0. The Kier molecular flexibility index (Phi) is 5.41. The fourth-order valence-electron chi connectivity index (χ4n) is 2.65. The van der Waals surface area contributed by atoms with Gasteiger partial charge in [-0.15, -0.1) is 11.3 Å². The van der Waals surface area contributed by atoms with Crippen LogP contribution < -0.4 is 0 Å². The Labute approximate surface area is 158 Å². The van der Waals surface area contributed by atoms with Gasteiger partial charge in [0.2, 0.25) is 5.88 Å². The fraction of sp³-hybridized carbons (Fsp3) is 0.235. The van der Waals surface area contributed by atoms with Gasteiger partial charge in [-0.3, -0.25) is 9.56 Å². The van der Waals surface area contributed by atoms with Crippen molar-refractivity contribution in [2.45, 2.75) is 12.5 Å². The summed E-state index contributed by atoms with van der Waals surface area (Å²) in [5.41, 5.74) is 2.72. The largest absolute Gasteiger partial charge is 0.493 e. The summed E-state index contributed by atoms with van der Waals surface area (Å²) in [6.07, 6.45) is 5.85. The molecule has 2 N–H and O–H groups in total. The van der Waals surface area contributed by atoms with E-state index in [0.717, 1.165) is 16.8 Å². The first-order valence-electron chi connectivity index (χ1n) is 7.54. The number of allylic oxidation sites excluding steroid dienone is 1. The number of aliphatic imine (C=N–C) groups is 1. The molecule has 0 bridgehead atoms. The molecule has 1 aliphatic rings. The number of rotatable bonds is 6. The topological polar surface area (TPSA) is 74.8 Å². The highest BCUT2D eigenvalue weighted by atomic mass is 32.2. The highest BCUT2D eigenvalue weighted by molar-refractivity contribution is 7.98. The van der Waals surface area contributed by atoms with E-state index >= 15 is 0 Å². The Balaban J connectivity index is 2.01. The van der Waals surface area contributed by atoms with E-state index in [1.165, 1.54) is 15.9 Å². The third-order valence-electron chi connectivity index (χ3n) is 3.88. The van der Waals surface area contributed by atoms with Crippen LogP contribution in [-0.2, 0) is 4.79 Å². The molecule has 0 fully saturated rings. The summed E-state index contributed by atoms with van der Waals surface area (Å²) in [5.74, 6) is -0.427. The molecule has 25 heavy (non-hydrogen) atoms. The van der Waals surface area contributed by atoms with Crippen LogP contribution in [0.15, 0.2) is 29.3 Å². The van der Waals surface area contributed by atoms with Gasteiger partial charge in [0.15, 0.2) is 3.95 Å². The average Bonchev–Trinajstić information content (AvgIpc) is 3.11. The Morgan fingerprint density at radius 2 is 2.24 bits per heavy atom. The number of thiazole rings is 1. The van der Waals surface area contributed by atoms with Crippen molar-refractivity contribution in [1.82, 2.24) is 4.57 Å². The lowest BCUT2D eigenvalue weighted by molar-refractivity contribution is -0.141. The monoisotopic (exact) mass is 392 g/mol. The number of carbonyl (C=O) groups is 1. The molecule has 0 unspecified atom stereocenters. The minimum absolute atomic E-state index is 0.103. The predicted octanol–water partition coefficient (Wildman–Crippen LogP) is 4.62. The standard InChI is InChI=1S/C17H16N2O3S3/c1-24-7-6-13(16(21)22)19-15(20)14(25-17(19)23)8-10-9-18-12-5-3-2-4-11(10)12/h2-5,8-9,13,20H,6-7H2,1H3,(H,21,22)/b10-8+/t13-/m1/s1. The molecule has 5 nitrogen and oxygen atoms in total. The molecule has 1 aliphatic heterocycles. The van der Waals surface area contributed by atoms with Gasteiger partial charge in [0.1, 0.15) is 6.04 Å². The average molecular weight is 393 g/mol. The summed E-state index contributed by atoms with van der Waals surface area (Å²) < 4.78 is 1.68. The first-order valence-corrected chi connectivity index (χ1v) is 10.2. The van der Waals surface area contributed by atoms with Crippen molar-refractivity contribution in [1.29, 1.82) is 0 Å². The van der Waals surface area contributed by atoms with E-state index in [0.29, 0.717) is 21.0 Å². The van der Waals surface area contributed by atoms with Crippen LogP contribution in [0.4, 0.5) is 5.69 Å². The van der Waals surface area contributed by atoms with Crippen molar-refractivity contribution in [2.24, 2.45) is 4.99 Å². The number of para-hydroxylation sites is 1. The van der Waals surface area contributed by atoms with Gasteiger partial charge in [0, 0.05) is 17.4 Å². The van der Waals surface area contributed by atoms with Crippen LogP contribution in [0, 0.1) is 3.95 Å². The number of aromatic hydroxyl groups is 1. The van der Waals surface area contributed by atoms with E-state index in [4.69, 9.17) is 12.2 Å². The fourth-order valence-corrected chi connectivity index (χ4v) is 4.47. The molecule has 0 spiro atoms. The second kappa shape index (κ2) is 7.55. The highest BCUT2D eigenvalue weighted by Crippen LogP contribution is 2.37. The third kappa shape index (κ3) is 3.56. The van der Waals surface area contributed by atoms with Crippen molar-refractivity contribution in [2.75, 3.05) is 12.0 Å².